The van der Waals surface area contributed by atoms with E-state index in [1.54, 1.807) is 0 Å². The third-order valence-electron chi connectivity index (χ3n) is 15.6. The summed E-state index contributed by atoms with van der Waals surface area (Å²) in [5.74, 6) is 0. The topological polar surface area (TPSA) is 3.24 Å². The molecule has 0 aliphatic heterocycles. The molecule has 0 heterocycles. The van der Waals surface area contributed by atoms with E-state index in [2.05, 4.69) is 280 Å². The minimum atomic E-state index is -0.351. The van der Waals surface area contributed by atoms with E-state index in [0.29, 0.717) is 0 Å². The highest BCUT2D eigenvalue weighted by Gasteiger charge is 2.41. The molecule has 0 saturated heterocycles. The van der Waals surface area contributed by atoms with Crippen molar-refractivity contribution in [3.63, 3.8) is 0 Å². The summed E-state index contributed by atoms with van der Waals surface area (Å²) in [4.78, 5) is 2.49. The number of hydrogen-bond acceptors (Lipinski definition) is 1. The first kappa shape index (κ1) is 41.7. The van der Waals surface area contributed by atoms with Gasteiger partial charge in [-0.15, -0.1) is 0 Å². The van der Waals surface area contributed by atoms with Crippen molar-refractivity contribution in [1.82, 2.24) is 0 Å². The van der Waals surface area contributed by atoms with Crippen molar-refractivity contribution in [3.05, 3.63) is 283 Å². The Morgan fingerprint density at radius 3 is 1.51 bits per heavy atom. The number of benzene rings is 11. The van der Waals surface area contributed by atoms with Crippen LogP contribution in [0, 0.1) is 0 Å². The van der Waals surface area contributed by atoms with E-state index in [-0.39, 0.29) is 10.8 Å². The second-order valence-corrected chi connectivity index (χ2v) is 19.7. The molecule has 13 rings (SSSR count). The molecule has 0 amide bonds. The van der Waals surface area contributed by atoms with Gasteiger partial charge in [0.25, 0.3) is 0 Å². The van der Waals surface area contributed by atoms with Gasteiger partial charge in [0, 0.05) is 27.8 Å². The number of anilines is 3. The fourth-order valence-electron chi connectivity index (χ4n) is 12.3. The van der Waals surface area contributed by atoms with Crippen LogP contribution in [0.5, 0.6) is 0 Å². The van der Waals surface area contributed by atoms with Crippen LogP contribution in [-0.2, 0) is 10.8 Å². The van der Waals surface area contributed by atoms with Crippen LogP contribution in [0.15, 0.2) is 255 Å². The van der Waals surface area contributed by atoms with Gasteiger partial charge in [0.2, 0.25) is 0 Å². The lowest BCUT2D eigenvalue weighted by Gasteiger charge is -2.32. The van der Waals surface area contributed by atoms with Crippen molar-refractivity contribution in [2.75, 3.05) is 4.90 Å². The average molecular weight is 894 g/mol. The number of rotatable bonds is 8. The maximum absolute atomic E-state index is 2.49. The lowest BCUT2D eigenvalue weighted by molar-refractivity contribution is 0.662. The molecule has 11 aromatic rings. The Labute approximate surface area is 411 Å². The fourth-order valence-corrected chi connectivity index (χ4v) is 12.3. The Bertz CT molecular complexity index is 3800. The van der Waals surface area contributed by atoms with E-state index in [0.717, 1.165) is 17.1 Å². The minimum Gasteiger partial charge on any atom is -0.310 e. The monoisotopic (exact) mass is 893 g/mol. The van der Waals surface area contributed by atoms with Gasteiger partial charge in [-0.3, -0.25) is 0 Å². The first-order chi connectivity index (χ1) is 34.4. The lowest BCUT2D eigenvalue weighted by atomic mass is 9.74. The van der Waals surface area contributed by atoms with Crippen molar-refractivity contribution >= 4 is 27.8 Å². The molecule has 2 aliphatic rings. The molecule has 0 saturated carbocycles. The molecule has 1 atom stereocenters. The Morgan fingerprint density at radius 1 is 0.300 bits per heavy atom. The van der Waals surface area contributed by atoms with Crippen molar-refractivity contribution in [2.45, 2.75) is 31.6 Å². The van der Waals surface area contributed by atoms with E-state index < -0.39 is 0 Å². The largest absolute Gasteiger partial charge is 0.310 e. The normalized spacial score (nSPS) is 15.0. The molecule has 0 N–H and O–H groups in total. The van der Waals surface area contributed by atoms with Crippen molar-refractivity contribution < 1.29 is 0 Å². The number of hydrogen-bond donors (Lipinski definition) is 0. The van der Waals surface area contributed by atoms with Crippen LogP contribution in [-0.4, -0.2) is 0 Å². The summed E-state index contributed by atoms with van der Waals surface area (Å²) in [5, 5.41) is 2.46. The Balaban J connectivity index is 1.00. The molecule has 0 bridgehead atoms. The summed E-state index contributed by atoms with van der Waals surface area (Å²) in [7, 11) is 0. The van der Waals surface area contributed by atoms with E-state index >= 15 is 0 Å². The van der Waals surface area contributed by atoms with E-state index in [1.165, 1.54) is 105 Å². The van der Waals surface area contributed by atoms with Gasteiger partial charge in [0.05, 0.1) is 5.69 Å². The molecule has 0 fully saturated rings. The zero-order valence-corrected chi connectivity index (χ0v) is 39.7. The average Bonchev–Trinajstić information content (AvgIpc) is 3.83. The van der Waals surface area contributed by atoms with Crippen LogP contribution in [0.3, 0.4) is 0 Å². The third-order valence-corrected chi connectivity index (χ3v) is 15.6. The summed E-state index contributed by atoms with van der Waals surface area (Å²) in [6, 6.07) is 94.5. The van der Waals surface area contributed by atoms with E-state index in [4.69, 9.17) is 0 Å². The first-order valence-corrected chi connectivity index (χ1v) is 24.6. The molecule has 0 aromatic heterocycles. The molecule has 70 heavy (non-hydrogen) atoms. The highest BCUT2D eigenvalue weighted by atomic mass is 15.1. The van der Waals surface area contributed by atoms with E-state index in [9.17, 15) is 0 Å². The molecule has 2 aliphatic carbocycles. The molecule has 1 nitrogen and oxygen atoms in total. The fraction of sp³-hybridized carbons (Fsp3) is 0.0725. The van der Waals surface area contributed by atoms with Crippen molar-refractivity contribution in [1.29, 1.82) is 0 Å². The third kappa shape index (κ3) is 6.39. The van der Waals surface area contributed by atoms with Crippen LogP contribution in [0.2, 0.25) is 0 Å². The Morgan fingerprint density at radius 2 is 0.786 bits per heavy atom. The van der Waals surface area contributed by atoms with Crippen molar-refractivity contribution in [3.8, 4) is 66.8 Å². The zero-order valence-electron chi connectivity index (χ0n) is 39.7. The number of para-hydroxylation sites is 1. The maximum Gasteiger partial charge on any atom is 0.0540 e. The second-order valence-electron chi connectivity index (χ2n) is 19.7. The summed E-state index contributed by atoms with van der Waals surface area (Å²) in [6.45, 7) is 7.17. The molecule has 1 unspecified atom stereocenters. The molecule has 0 radical (unpaired) electrons. The number of fused-ring (bicyclic) bond motifs is 7. The lowest BCUT2D eigenvalue weighted by Crippen LogP contribution is -2.22. The van der Waals surface area contributed by atoms with Gasteiger partial charge in [0.15, 0.2) is 0 Å². The maximum atomic E-state index is 2.49. The molecule has 11 aromatic carbocycles. The van der Waals surface area contributed by atoms with Gasteiger partial charge in [-0.05, 0) is 137 Å². The molecular weight excluding hydrogens is 843 g/mol. The van der Waals surface area contributed by atoms with Gasteiger partial charge in [-0.1, -0.05) is 238 Å². The second kappa shape index (κ2) is 16.3. The standard InChI is InChI=1S/C69H51N/c1-68(2)62-36-15-12-30-56(62)61-35-20-34-60(67(61)68)54-28-11-10-27-52(54)47-39-41-50(42-40-47)70(51-43-44-57-55-29-13-16-37-63(55)69(3,64(57)45-51)49-25-8-5-9-26-49)65-38-17-14-31-58(65)59-33-19-24-48-23-18-32-53(66(48)59)46-21-6-4-7-22-46/h4-45H,1-3H3. The van der Waals surface area contributed by atoms with Crippen LogP contribution in [0.1, 0.15) is 48.6 Å². The van der Waals surface area contributed by atoms with Gasteiger partial charge in [0.1, 0.15) is 0 Å². The highest BCUT2D eigenvalue weighted by Crippen LogP contribution is 2.56. The molecule has 1 heteroatoms. The smallest absolute Gasteiger partial charge is 0.0540 e. The minimum absolute atomic E-state index is 0.132. The van der Waals surface area contributed by atoms with Gasteiger partial charge in [-0.25, -0.2) is 0 Å². The summed E-state index contributed by atoms with van der Waals surface area (Å²) in [6.07, 6.45) is 0. The first-order valence-electron chi connectivity index (χ1n) is 24.6. The zero-order chi connectivity index (χ0) is 47.0. The van der Waals surface area contributed by atoms with Crippen molar-refractivity contribution in [2.24, 2.45) is 0 Å². The molecule has 0 spiro atoms. The van der Waals surface area contributed by atoms with Gasteiger partial charge in [-0.2, -0.15) is 0 Å². The van der Waals surface area contributed by atoms with Crippen LogP contribution >= 0.6 is 0 Å². The predicted molar refractivity (Wildman–Crippen MR) is 295 cm³/mol. The van der Waals surface area contributed by atoms with Crippen LogP contribution in [0.25, 0.3) is 77.5 Å². The molecular formula is C69H51N. The Kier molecular flexibility index (Phi) is 9.71. The van der Waals surface area contributed by atoms with Gasteiger partial charge >= 0.3 is 0 Å². The van der Waals surface area contributed by atoms with Gasteiger partial charge < -0.3 is 4.90 Å². The predicted octanol–water partition coefficient (Wildman–Crippen LogP) is 18.6. The van der Waals surface area contributed by atoms with Crippen LogP contribution < -0.4 is 4.90 Å². The molecule has 332 valence electrons. The van der Waals surface area contributed by atoms with Crippen LogP contribution in [0.4, 0.5) is 17.1 Å². The summed E-state index contributed by atoms with van der Waals surface area (Å²) in [5.41, 5.74) is 24.5. The summed E-state index contributed by atoms with van der Waals surface area (Å²) >= 11 is 0. The Hall–Kier alpha value is -8.52. The SMILES string of the molecule is CC1(C)c2ccccc2-c2cccc(-c3ccccc3-c3ccc(N(c4ccc5c(c4)C(C)(c4ccccc4)c4ccccc4-5)c4ccccc4-c4cccc5cccc(-c6ccccc6)c45)cc3)c21. The highest BCUT2D eigenvalue weighted by molar-refractivity contribution is 6.09. The quantitative estimate of drug-likeness (QED) is 0.147. The number of nitrogens with zero attached hydrogens (tertiary/aromatic N) is 1. The van der Waals surface area contributed by atoms with E-state index in [1.807, 2.05) is 0 Å². The summed E-state index contributed by atoms with van der Waals surface area (Å²) < 4.78 is 0.